The van der Waals surface area contributed by atoms with Crippen molar-refractivity contribution in [3.05, 3.63) is 56.7 Å². The average molecular weight is 444 g/mol. The fraction of sp³-hybridized carbons (Fsp3) is 0.435. The molecule has 1 aromatic carbocycles. The van der Waals surface area contributed by atoms with Crippen molar-refractivity contribution in [2.45, 2.75) is 58.3 Å². The van der Waals surface area contributed by atoms with Gasteiger partial charge in [0, 0.05) is 18.5 Å². The van der Waals surface area contributed by atoms with Gasteiger partial charge in [-0.1, -0.05) is 55.4 Å². The fourth-order valence-corrected chi connectivity index (χ4v) is 5.35. The standard InChI is InChI=1S/C23H29N3O2S2/c1-6-7-13-26-22(28)20-15(2)17(4)30-21(20)24-23(26)29-14-19(27)25(5)16(3)18-11-9-8-10-12-18/h8-12,16H,6-7,13-14H2,1-5H3. The number of aromatic nitrogens is 2. The van der Waals surface area contributed by atoms with E-state index in [0.29, 0.717) is 11.7 Å². The van der Waals surface area contributed by atoms with E-state index in [2.05, 4.69) is 6.92 Å². The second kappa shape index (κ2) is 9.79. The molecule has 0 spiro atoms. The highest BCUT2D eigenvalue weighted by Gasteiger charge is 2.20. The summed E-state index contributed by atoms with van der Waals surface area (Å²) in [6, 6.07) is 9.98. The van der Waals surface area contributed by atoms with Crippen LogP contribution in [0.5, 0.6) is 0 Å². The summed E-state index contributed by atoms with van der Waals surface area (Å²) in [5.74, 6) is 0.271. The van der Waals surface area contributed by atoms with Gasteiger partial charge >= 0.3 is 0 Å². The molecule has 0 aliphatic rings. The predicted molar refractivity (Wildman–Crippen MR) is 127 cm³/mol. The van der Waals surface area contributed by atoms with E-state index in [1.54, 1.807) is 20.8 Å². The van der Waals surface area contributed by atoms with Crippen molar-refractivity contribution < 1.29 is 4.79 Å². The minimum atomic E-state index is -0.0142. The van der Waals surface area contributed by atoms with Crippen molar-refractivity contribution in [3.8, 4) is 0 Å². The molecule has 0 N–H and O–H groups in total. The largest absolute Gasteiger partial charge is 0.338 e. The third-order valence-electron chi connectivity index (χ3n) is 5.57. The Morgan fingerprint density at radius 2 is 1.97 bits per heavy atom. The number of thioether (sulfide) groups is 1. The molecule has 1 atom stereocenters. The molecule has 2 heterocycles. The summed E-state index contributed by atoms with van der Waals surface area (Å²) in [7, 11) is 1.83. The van der Waals surface area contributed by atoms with Crippen LogP contribution in [0.3, 0.4) is 0 Å². The molecule has 3 rings (SSSR count). The molecule has 0 aliphatic carbocycles. The summed E-state index contributed by atoms with van der Waals surface area (Å²) >= 11 is 2.91. The van der Waals surface area contributed by atoms with Crippen LogP contribution < -0.4 is 5.56 Å². The Bertz CT molecular complexity index is 1090. The van der Waals surface area contributed by atoms with Gasteiger partial charge in [-0.3, -0.25) is 14.2 Å². The van der Waals surface area contributed by atoms with E-state index in [-0.39, 0.29) is 23.3 Å². The molecule has 3 aromatic rings. The molecule has 0 aliphatic heterocycles. The molecule has 2 aromatic heterocycles. The first-order chi connectivity index (χ1) is 14.3. The van der Waals surface area contributed by atoms with Gasteiger partial charge in [-0.05, 0) is 38.3 Å². The second-order valence-electron chi connectivity index (χ2n) is 7.55. The summed E-state index contributed by atoms with van der Waals surface area (Å²) < 4.78 is 1.75. The van der Waals surface area contributed by atoms with E-state index in [4.69, 9.17) is 4.98 Å². The molecular weight excluding hydrogens is 414 g/mol. The zero-order valence-electron chi connectivity index (χ0n) is 18.3. The van der Waals surface area contributed by atoms with E-state index in [0.717, 1.165) is 39.1 Å². The van der Waals surface area contributed by atoms with Gasteiger partial charge in [0.25, 0.3) is 5.56 Å². The van der Waals surface area contributed by atoms with Crippen LogP contribution in [0.2, 0.25) is 0 Å². The lowest BCUT2D eigenvalue weighted by Crippen LogP contribution is -2.31. The molecule has 0 fully saturated rings. The van der Waals surface area contributed by atoms with Crippen molar-refractivity contribution in [2.24, 2.45) is 0 Å². The third-order valence-corrected chi connectivity index (χ3v) is 7.63. The number of aryl methyl sites for hydroxylation is 2. The van der Waals surface area contributed by atoms with Crippen molar-refractivity contribution in [1.29, 1.82) is 0 Å². The zero-order valence-corrected chi connectivity index (χ0v) is 19.9. The summed E-state index contributed by atoms with van der Waals surface area (Å²) in [6.07, 6.45) is 1.90. The first-order valence-corrected chi connectivity index (χ1v) is 12.1. The number of amides is 1. The van der Waals surface area contributed by atoms with E-state index in [9.17, 15) is 9.59 Å². The number of rotatable bonds is 8. The molecule has 5 nitrogen and oxygen atoms in total. The number of carbonyl (C=O) groups is 1. The molecule has 160 valence electrons. The van der Waals surface area contributed by atoms with Crippen molar-refractivity contribution in [2.75, 3.05) is 12.8 Å². The van der Waals surface area contributed by atoms with Crippen LogP contribution in [0, 0.1) is 13.8 Å². The molecule has 1 amide bonds. The van der Waals surface area contributed by atoms with E-state index < -0.39 is 0 Å². The summed E-state index contributed by atoms with van der Waals surface area (Å²) in [4.78, 5) is 34.5. The molecule has 0 bridgehead atoms. The van der Waals surface area contributed by atoms with Crippen molar-refractivity contribution >= 4 is 39.2 Å². The average Bonchev–Trinajstić information content (AvgIpc) is 3.04. The Morgan fingerprint density at radius 1 is 1.27 bits per heavy atom. The Kier molecular flexibility index (Phi) is 7.36. The molecule has 0 saturated carbocycles. The maximum atomic E-state index is 13.2. The number of carbonyl (C=O) groups excluding carboxylic acids is 1. The van der Waals surface area contributed by atoms with Gasteiger partial charge in [0.2, 0.25) is 5.91 Å². The van der Waals surface area contributed by atoms with Crippen LogP contribution in [0.25, 0.3) is 10.2 Å². The minimum absolute atomic E-state index is 0.0104. The number of fused-ring (bicyclic) bond motifs is 1. The minimum Gasteiger partial charge on any atom is -0.338 e. The number of unbranched alkanes of at least 4 members (excludes halogenated alkanes) is 1. The van der Waals surface area contributed by atoms with Crippen LogP contribution in [-0.2, 0) is 11.3 Å². The maximum Gasteiger partial charge on any atom is 0.263 e. The lowest BCUT2D eigenvalue weighted by Gasteiger charge is -2.25. The van der Waals surface area contributed by atoms with Gasteiger partial charge in [0.15, 0.2) is 5.16 Å². The van der Waals surface area contributed by atoms with Gasteiger partial charge in [-0.2, -0.15) is 0 Å². The zero-order chi connectivity index (χ0) is 21.8. The van der Waals surface area contributed by atoms with Gasteiger partial charge in [-0.15, -0.1) is 11.3 Å². The lowest BCUT2D eigenvalue weighted by molar-refractivity contribution is -0.128. The molecule has 0 saturated heterocycles. The van der Waals surface area contributed by atoms with Crippen molar-refractivity contribution in [1.82, 2.24) is 14.5 Å². The summed E-state index contributed by atoms with van der Waals surface area (Å²) in [5, 5.41) is 1.36. The first-order valence-electron chi connectivity index (χ1n) is 10.3. The number of hydrogen-bond acceptors (Lipinski definition) is 5. The SMILES string of the molecule is CCCCn1c(SCC(=O)N(C)C(C)c2ccccc2)nc2sc(C)c(C)c2c1=O. The molecule has 0 radical (unpaired) electrons. The summed E-state index contributed by atoms with van der Waals surface area (Å²) in [6.45, 7) is 8.76. The van der Waals surface area contributed by atoms with Crippen molar-refractivity contribution in [3.63, 3.8) is 0 Å². The van der Waals surface area contributed by atoms with Gasteiger partial charge < -0.3 is 4.90 Å². The summed E-state index contributed by atoms with van der Waals surface area (Å²) in [5.41, 5.74) is 2.13. The van der Waals surface area contributed by atoms with Crippen LogP contribution in [0.1, 0.15) is 48.7 Å². The number of benzene rings is 1. The van der Waals surface area contributed by atoms with Gasteiger partial charge in [0.1, 0.15) is 4.83 Å². The molecular formula is C23H29N3O2S2. The normalized spacial score (nSPS) is 12.3. The monoisotopic (exact) mass is 443 g/mol. The van der Waals surface area contributed by atoms with Crippen LogP contribution in [0.4, 0.5) is 0 Å². The van der Waals surface area contributed by atoms with E-state index >= 15 is 0 Å². The smallest absolute Gasteiger partial charge is 0.263 e. The highest BCUT2D eigenvalue weighted by molar-refractivity contribution is 7.99. The topological polar surface area (TPSA) is 55.2 Å². The number of thiophene rings is 1. The van der Waals surface area contributed by atoms with Crippen LogP contribution in [-0.4, -0.2) is 33.2 Å². The number of hydrogen-bond donors (Lipinski definition) is 0. The van der Waals surface area contributed by atoms with Crippen LogP contribution in [0.15, 0.2) is 40.3 Å². The van der Waals surface area contributed by atoms with Gasteiger partial charge in [0.05, 0.1) is 17.2 Å². The van der Waals surface area contributed by atoms with Crippen LogP contribution >= 0.6 is 23.1 Å². The van der Waals surface area contributed by atoms with Gasteiger partial charge in [-0.25, -0.2) is 4.98 Å². The highest BCUT2D eigenvalue weighted by atomic mass is 32.2. The van der Waals surface area contributed by atoms with E-state index in [1.807, 2.05) is 58.2 Å². The fourth-order valence-electron chi connectivity index (χ4n) is 3.33. The van der Waals surface area contributed by atoms with E-state index in [1.165, 1.54) is 11.8 Å². The second-order valence-corrected chi connectivity index (χ2v) is 9.69. The Morgan fingerprint density at radius 3 is 2.63 bits per heavy atom. The maximum absolute atomic E-state index is 13.2. The Hall–Kier alpha value is -2.12. The Labute approximate surface area is 186 Å². The highest BCUT2D eigenvalue weighted by Crippen LogP contribution is 2.29. The molecule has 30 heavy (non-hydrogen) atoms. The number of nitrogens with zero attached hydrogens (tertiary/aromatic N) is 3. The lowest BCUT2D eigenvalue weighted by atomic mass is 10.1. The Balaban J connectivity index is 1.84. The molecule has 7 heteroatoms. The predicted octanol–water partition coefficient (Wildman–Crippen LogP) is 5.19. The quantitative estimate of drug-likeness (QED) is 0.355. The first kappa shape index (κ1) is 22.6. The third kappa shape index (κ3) is 4.62. The molecule has 1 unspecified atom stereocenters.